The lowest BCUT2D eigenvalue weighted by atomic mass is 10.1. The van der Waals surface area contributed by atoms with E-state index in [-0.39, 0.29) is 5.91 Å². The van der Waals surface area contributed by atoms with Crippen molar-refractivity contribution in [1.82, 2.24) is 24.4 Å². The van der Waals surface area contributed by atoms with Crippen LogP contribution in [0.1, 0.15) is 21.5 Å². The molecule has 0 aliphatic carbocycles. The van der Waals surface area contributed by atoms with Gasteiger partial charge in [0.15, 0.2) is 5.65 Å². The number of nitrogens with one attached hydrogen (secondary N) is 1. The zero-order chi connectivity index (χ0) is 17.2. The number of rotatable bonds is 4. The first-order valence-electron chi connectivity index (χ1n) is 7.87. The lowest BCUT2D eigenvalue weighted by Gasteiger charge is -2.05. The summed E-state index contributed by atoms with van der Waals surface area (Å²) < 4.78 is 3.36. The summed E-state index contributed by atoms with van der Waals surface area (Å²) >= 11 is 0. The first kappa shape index (κ1) is 15.1. The van der Waals surface area contributed by atoms with Crippen molar-refractivity contribution in [2.45, 2.75) is 13.5 Å². The molecule has 0 spiro atoms. The Hall–Kier alpha value is -3.48. The van der Waals surface area contributed by atoms with Gasteiger partial charge in [-0.05, 0) is 24.1 Å². The molecule has 0 radical (unpaired) electrons. The van der Waals surface area contributed by atoms with Crippen LogP contribution in [0.3, 0.4) is 0 Å². The quantitative estimate of drug-likeness (QED) is 0.623. The van der Waals surface area contributed by atoms with Crippen LogP contribution in [0.4, 0.5) is 5.69 Å². The SMILES string of the molecule is Cc1ccccc1Cn1cc(NC(=O)c2cnn3cccnc23)cn1. The van der Waals surface area contributed by atoms with Crippen LogP contribution in [0.15, 0.2) is 61.3 Å². The summed E-state index contributed by atoms with van der Waals surface area (Å²) in [5.41, 5.74) is 3.98. The molecule has 7 heteroatoms. The van der Waals surface area contributed by atoms with Gasteiger partial charge in [-0.3, -0.25) is 9.48 Å². The van der Waals surface area contributed by atoms with Crippen molar-refractivity contribution >= 4 is 17.2 Å². The molecule has 3 heterocycles. The fraction of sp³-hybridized carbons (Fsp3) is 0.111. The highest BCUT2D eigenvalue weighted by atomic mass is 16.1. The predicted octanol–water partition coefficient (Wildman–Crippen LogP) is 2.53. The summed E-state index contributed by atoms with van der Waals surface area (Å²) in [5.74, 6) is -0.260. The fourth-order valence-corrected chi connectivity index (χ4v) is 2.66. The van der Waals surface area contributed by atoms with E-state index in [1.54, 1.807) is 33.9 Å². The first-order chi connectivity index (χ1) is 12.2. The van der Waals surface area contributed by atoms with E-state index in [9.17, 15) is 4.79 Å². The molecule has 0 atom stereocenters. The molecule has 0 aliphatic heterocycles. The molecule has 4 aromatic rings. The molecule has 7 nitrogen and oxygen atoms in total. The van der Waals surface area contributed by atoms with Gasteiger partial charge in [0.2, 0.25) is 0 Å². The van der Waals surface area contributed by atoms with E-state index in [1.807, 2.05) is 18.3 Å². The van der Waals surface area contributed by atoms with Crippen molar-refractivity contribution in [3.8, 4) is 0 Å². The lowest BCUT2D eigenvalue weighted by molar-refractivity contribution is 0.102. The number of hydrogen-bond acceptors (Lipinski definition) is 4. The molecule has 0 saturated heterocycles. The number of carbonyl (C=O) groups excluding carboxylic acids is 1. The third-order valence-corrected chi connectivity index (χ3v) is 4.01. The third-order valence-electron chi connectivity index (χ3n) is 4.01. The Balaban J connectivity index is 1.51. The van der Waals surface area contributed by atoms with Crippen LogP contribution >= 0.6 is 0 Å². The zero-order valence-electron chi connectivity index (χ0n) is 13.6. The second-order valence-corrected chi connectivity index (χ2v) is 5.75. The van der Waals surface area contributed by atoms with Gasteiger partial charge in [-0.2, -0.15) is 10.2 Å². The number of aromatic nitrogens is 5. The molecule has 1 amide bonds. The Morgan fingerprint density at radius 1 is 1.16 bits per heavy atom. The third kappa shape index (κ3) is 2.99. The molecule has 3 aromatic heterocycles. The van der Waals surface area contributed by atoms with Gasteiger partial charge in [0.1, 0.15) is 5.56 Å². The van der Waals surface area contributed by atoms with Crippen LogP contribution < -0.4 is 5.32 Å². The number of amides is 1. The second kappa shape index (κ2) is 6.20. The maximum absolute atomic E-state index is 12.5. The number of fused-ring (bicyclic) bond motifs is 1. The summed E-state index contributed by atoms with van der Waals surface area (Å²) in [5, 5.41) is 11.3. The zero-order valence-corrected chi connectivity index (χ0v) is 13.6. The van der Waals surface area contributed by atoms with Gasteiger partial charge in [0.05, 0.1) is 24.6 Å². The molecule has 1 aromatic carbocycles. The second-order valence-electron chi connectivity index (χ2n) is 5.75. The Morgan fingerprint density at radius 3 is 2.92 bits per heavy atom. The molecule has 0 unspecified atom stereocenters. The number of carbonyl (C=O) groups is 1. The highest BCUT2D eigenvalue weighted by Crippen LogP contribution is 2.14. The van der Waals surface area contributed by atoms with Crippen LogP contribution in [0.25, 0.3) is 5.65 Å². The van der Waals surface area contributed by atoms with Crippen molar-refractivity contribution in [2.75, 3.05) is 5.32 Å². The molecule has 1 N–H and O–H groups in total. The summed E-state index contributed by atoms with van der Waals surface area (Å²) in [6.45, 7) is 2.72. The van der Waals surface area contributed by atoms with Gasteiger partial charge < -0.3 is 5.32 Å². The van der Waals surface area contributed by atoms with E-state index in [0.717, 1.165) is 0 Å². The van der Waals surface area contributed by atoms with Crippen molar-refractivity contribution in [3.63, 3.8) is 0 Å². The molecule has 0 bridgehead atoms. The Morgan fingerprint density at radius 2 is 2.04 bits per heavy atom. The number of benzene rings is 1. The average molecular weight is 332 g/mol. The van der Waals surface area contributed by atoms with Gasteiger partial charge in [-0.25, -0.2) is 9.50 Å². The van der Waals surface area contributed by atoms with Gasteiger partial charge >= 0.3 is 0 Å². The molecule has 25 heavy (non-hydrogen) atoms. The highest BCUT2D eigenvalue weighted by Gasteiger charge is 2.14. The average Bonchev–Trinajstić information content (AvgIpc) is 3.23. The van der Waals surface area contributed by atoms with Crippen LogP contribution in [0, 0.1) is 6.92 Å². The summed E-state index contributed by atoms with van der Waals surface area (Å²) in [6, 6.07) is 9.92. The van der Waals surface area contributed by atoms with Crippen LogP contribution in [0.5, 0.6) is 0 Å². The van der Waals surface area contributed by atoms with Gasteiger partial charge in [-0.1, -0.05) is 24.3 Å². The van der Waals surface area contributed by atoms with E-state index in [0.29, 0.717) is 23.4 Å². The summed E-state index contributed by atoms with van der Waals surface area (Å²) in [4.78, 5) is 16.7. The molecule has 0 aliphatic rings. The Kier molecular flexibility index (Phi) is 3.74. The topological polar surface area (TPSA) is 77.1 Å². The number of aryl methyl sites for hydroxylation is 1. The van der Waals surface area contributed by atoms with E-state index >= 15 is 0 Å². The maximum atomic E-state index is 12.5. The minimum Gasteiger partial charge on any atom is -0.319 e. The maximum Gasteiger partial charge on any atom is 0.261 e. The minimum absolute atomic E-state index is 0.260. The van der Waals surface area contributed by atoms with E-state index in [1.165, 1.54) is 17.3 Å². The van der Waals surface area contributed by atoms with Crippen molar-refractivity contribution < 1.29 is 4.79 Å². The monoisotopic (exact) mass is 332 g/mol. The number of nitrogens with zero attached hydrogens (tertiary/aromatic N) is 5. The Labute approximate surface area is 143 Å². The van der Waals surface area contributed by atoms with E-state index < -0.39 is 0 Å². The van der Waals surface area contributed by atoms with Crippen LogP contribution in [-0.4, -0.2) is 30.3 Å². The summed E-state index contributed by atoms with van der Waals surface area (Å²) in [6.07, 6.45) is 8.33. The Bertz CT molecular complexity index is 1050. The molecule has 0 fully saturated rings. The van der Waals surface area contributed by atoms with Gasteiger partial charge in [0.25, 0.3) is 5.91 Å². The predicted molar refractivity (Wildman–Crippen MR) is 93.4 cm³/mol. The molecule has 0 saturated carbocycles. The normalized spacial score (nSPS) is 10.9. The van der Waals surface area contributed by atoms with Crippen molar-refractivity contribution in [1.29, 1.82) is 0 Å². The molecular formula is C18H16N6O. The number of anilines is 1. The lowest BCUT2D eigenvalue weighted by Crippen LogP contribution is -2.11. The van der Waals surface area contributed by atoms with Crippen molar-refractivity contribution in [3.05, 3.63) is 78.0 Å². The van der Waals surface area contributed by atoms with Gasteiger partial charge in [0, 0.05) is 18.6 Å². The standard InChI is InChI=1S/C18H16N6O/c1-13-5-2-3-6-14(13)11-23-12-15(9-20-23)22-18(25)16-10-21-24-8-4-7-19-17(16)24/h2-10,12H,11H2,1H3,(H,22,25). The minimum atomic E-state index is -0.260. The van der Waals surface area contributed by atoms with Crippen molar-refractivity contribution in [2.24, 2.45) is 0 Å². The highest BCUT2D eigenvalue weighted by molar-refractivity contribution is 6.07. The number of hydrogen-bond donors (Lipinski definition) is 1. The smallest absolute Gasteiger partial charge is 0.261 e. The van der Waals surface area contributed by atoms with Crippen LogP contribution in [-0.2, 0) is 6.54 Å². The molecule has 4 rings (SSSR count). The van der Waals surface area contributed by atoms with Gasteiger partial charge in [-0.15, -0.1) is 0 Å². The van der Waals surface area contributed by atoms with E-state index in [2.05, 4.69) is 39.6 Å². The fourth-order valence-electron chi connectivity index (χ4n) is 2.66. The van der Waals surface area contributed by atoms with E-state index in [4.69, 9.17) is 0 Å². The summed E-state index contributed by atoms with van der Waals surface area (Å²) in [7, 11) is 0. The molecule has 124 valence electrons. The molecular weight excluding hydrogens is 316 g/mol. The largest absolute Gasteiger partial charge is 0.319 e. The van der Waals surface area contributed by atoms with Crippen LogP contribution in [0.2, 0.25) is 0 Å². The first-order valence-corrected chi connectivity index (χ1v) is 7.87.